The topological polar surface area (TPSA) is 35.2 Å². The molecule has 0 aliphatic heterocycles. The van der Waals surface area contributed by atoms with E-state index in [1.807, 2.05) is 0 Å². The van der Waals surface area contributed by atoms with Crippen LogP contribution in [0.3, 0.4) is 0 Å². The fourth-order valence-corrected chi connectivity index (χ4v) is 1.37. The van der Waals surface area contributed by atoms with Gasteiger partial charge in [-0.3, -0.25) is 0 Å². The number of rotatable bonds is 2. The predicted octanol–water partition coefficient (Wildman–Crippen LogP) is 2.34. The van der Waals surface area contributed by atoms with Crippen molar-refractivity contribution in [2.75, 3.05) is 7.11 Å². The van der Waals surface area contributed by atoms with E-state index in [1.54, 1.807) is 33.9 Å². The van der Waals surface area contributed by atoms with Gasteiger partial charge in [0.05, 0.1) is 7.11 Å². The lowest BCUT2D eigenvalue weighted by atomic mass is 9.94. The summed E-state index contributed by atoms with van der Waals surface area (Å²) in [5.41, 5.74) is 6.39. The first-order chi connectivity index (χ1) is 6.36. The average molecular weight is 197 g/mol. The van der Waals surface area contributed by atoms with Crippen LogP contribution >= 0.6 is 0 Å². The molecule has 2 nitrogen and oxygen atoms in total. The molecule has 1 aromatic carbocycles. The van der Waals surface area contributed by atoms with Crippen LogP contribution in [0.1, 0.15) is 25.0 Å². The van der Waals surface area contributed by atoms with Crippen LogP contribution < -0.4 is 10.5 Å². The molecule has 78 valence electrons. The minimum absolute atomic E-state index is 0.282. The largest absolute Gasteiger partial charge is 0.496 e. The molecule has 3 heteroatoms. The van der Waals surface area contributed by atoms with Crippen LogP contribution in [0.5, 0.6) is 5.75 Å². The quantitative estimate of drug-likeness (QED) is 0.789. The van der Waals surface area contributed by atoms with Crippen molar-refractivity contribution in [1.29, 1.82) is 0 Å². The molecular weight excluding hydrogens is 181 g/mol. The Hall–Kier alpha value is -1.09. The Morgan fingerprint density at radius 2 is 1.93 bits per heavy atom. The average Bonchev–Trinajstić information content (AvgIpc) is 2.02. The molecular formula is C11H16FNO. The van der Waals surface area contributed by atoms with E-state index in [-0.39, 0.29) is 5.82 Å². The first-order valence-electron chi connectivity index (χ1n) is 4.49. The van der Waals surface area contributed by atoms with Crippen LogP contribution in [0.25, 0.3) is 0 Å². The van der Waals surface area contributed by atoms with Gasteiger partial charge in [-0.2, -0.15) is 0 Å². The Kier molecular flexibility index (Phi) is 2.81. The number of methoxy groups -OCH3 is 1. The zero-order valence-corrected chi connectivity index (χ0v) is 9.02. The molecule has 0 saturated heterocycles. The fourth-order valence-electron chi connectivity index (χ4n) is 1.37. The maximum Gasteiger partial charge on any atom is 0.128 e. The van der Waals surface area contributed by atoms with E-state index in [1.165, 1.54) is 6.07 Å². The molecule has 0 amide bonds. The van der Waals surface area contributed by atoms with Gasteiger partial charge in [0, 0.05) is 11.1 Å². The van der Waals surface area contributed by atoms with E-state index >= 15 is 0 Å². The second-order valence-electron chi connectivity index (χ2n) is 4.02. The van der Waals surface area contributed by atoms with E-state index in [2.05, 4.69) is 0 Å². The smallest absolute Gasteiger partial charge is 0.128 e. The van der Waals surface area contributed by atoms with Gasteiger partial charge >= 0.3 is 0 Å². The third-order valence-corrected chi connectivity index (χ3v) is 2.18. The highest BCUT2D eigenvalue weighted by atomic mass is 19.1. The van der Waals surface area contributed by atoms with Gasteiger partial charge in [-0.05, 0) is 38.5 Å². The molecule has 0 aliphatic carbocycles. The second-order valence-corrected chi connectivity index (χ2v) is 4.02. The number of hydrogen-bond acceptors (Lipinski definition) is 2. The Bertz CT molecular complexity index is 342. The molecule has 0 aromatic heterocycles. The third-order valence-electron chi connectivity index (χ3n) is 2.18. The van der Waals surface area contributed by atoms with Gasteiger partial charge in [-0.15, -0.1) is 0 Å². The third kappa shape index (κ3) is 2.04. The molecule has 0 atom stereocenters. The summed E-state index contributed by atoms with van der Waals surface area (Å²) in [7, 11) is 1.56. The summed E-state index contributed by atoms with van der Waals surface area (Å²) in [6, 6.07) is 3.10. The summed E-state index contributed by atoms with van der Waals surface area (Å²) in [5, 5.41) is 0. The van der Waals surface area contributed by atoms with Crippen molar-refractivity contribution >= 4 is 0 Å². The molecule has 0 spiro atoms. The lowest BCUT2D eigenvalue weighted by Crippen LogP contribution is -2.30. The van der Waals surface area contributed by atoms with Gasteiger partial charge in [-0.25, -0.2) is 4.39 Å². The van der Waals surface area contributed by atoms with Gasteiger partial charge in [0.1, 0.15) is 11.6 Å². The highest BCUT2D eigenvalue weighted by Crippen LogP contribution is 2.27. The highest BCUT2D eigenvalue weighted by molar-refractivity contribution is 5.40. The number of benzene rings is 1. The molecule has 0 fully saturated rings. The fraction of sp³-hybridized carbons (Fsp3) is 0.455. The Labute approximate surface area is 83.9 Å². The zero-order valence-electron chi connectivity index (χ0n) is 9.02. The summed E-state index contributed by atoms with van der Waals surface area (Å²) in [4.78, 5) is 0. The standard InChI is InChI=1S/C11H16FNO/c1-7-5-9(12)8(11(2,3)13)6-10(7)14-4/h5-6H,13H2,1-4H3. The van der Waals surface area contributed by atoms with Gasteiger partial charge in [0.2, 0.25) is 0 Å². The van der Waals surface area contributed by atoms with Gasteiger partial charge in [0.15, 0.2) is 0 Å². The summed E-state index contributed by atoms with van der Waals surface area (Å²) < 4.78 is 18.6. The maximum atomic E-state index is 13.5. The van der Waals surface area contributed by atoms with Crippen molar-refractivity contribution in [3.8, 4) is 5.75 Å². The van der Waals surface area contributed by atoms with E-state index in [0.29, 0.717) is 11.3 Å². The maximum absolute atomic E-state index is 13.5. The SMILES string of the molecule is COc1cc(C(C)(C)N)c(F)cc1C. The Morgan fingerprint density at radius 3 is 2.36 bits per heavy atom. The van der Waals surface area contributed by atoms with Crippen molar-refractivity contribution in [2.45, 2.75) is 26.3 Å². The number of hydrogen-bond donors (Lipinski definition) is 1. The van der Waals surface area contributed by atoms with Crippen LogP contribution in [0, 0.1) is 12.7 Å². The number of halogens is 1. The molecule has 14 heavy (non-hydrogen) atoms. The minimum atomic E-state index is -0.689. The summed E-state index contributed by atoms with van der Waals surface area (Å²) >= 11 is 0. The van der Waals surface area contributed by atoms with Crippen molar-refractivity contribution in [2.24, 2.45) is 5.73 Å². The van der Waals surface area contributed by atoms with Crippen molar-refractivity contribution in [1.82, 2.24) is 0 Å². The molecule has 0 saturated carbocycles. The summed E-state index contributed by atoms with van der Waals surface area (Å²) in [6.45, 7) is 5.33. The number of nitrogens with two attached hydrogens (primary N) is 1. The minimum Gasteiger partial charge on any atom is -0.496 e. The second kappa shape index (κ2) is 3.58. The van der Waals surface area contributed by atoms with Crippen LogP contribution in [0.15, 0.2) is 12.1 Å². The van der Waals surface area contributed by atoms with Crippen LogP contribution in [0.2, 0.25) is 0 Å². The summed E-state index contributed by atoms with van der Waals surface area (Å²) in [5.74, 6) is 0.385. The van der Waals surface area contributed by atoms with Crippen molar-refractivity contribution < 1.29 is 9.13 Å². The Morgan fingerprint density at radius 1 is 1.36 bits per heavy atom. The lowest BCUT2D eigenvalue weighted by Gasteiger charge is -2.21. The lowest BCUT2D eigenvalue weighted by molar-refractivity contribution is 0.405. The van der Waals surface area contributed by atoms with E-state index in [0.717, 1.165) is 5.56 Å². The van der Waals surface area contributed by atoms with E-state index in [4.69, 9.17) is 10.5 Å². The molecule has 0 bridgehead atoms. The van der Waals surface area contributed by atoms with Gasteiger partial charge in [0.25, 0.3) is 0 Å². The van der Waals surface area contributed by atoms with Crippen molar-refractivity contribution in [3.05, 3.63) is 29.1 Å². The normalized spacial score (nSPS) is 11.6. The molecule has 0 aliphatic rings. The number of aryl methyl sites for hydroxylation is 1. The molecule has 1 aromatic rings. The van der Waals surface area contributed by atoms with Gasteiger partial charge in [-0.1, -0.05) is 0 Å². The van der Waals surface area contributed by atoms with Crippen molar-refractivity contribution in [3.63, 3.8) is 0 Å². The first-order valence-corrected chi connectivity index (χ1v) is 4.49. The summed E-state index contributed by atoms with van der Waals surface area (Å²) in [6.07, 6.45) is 0. The van der Waals surface area contributed by atoms with Gasteiger partial charge < -0.3 is 10.5 Å². The Balaban J connectivity index is 3.32. The molecule has 2 N–H and O–H groups in total. The van der Waals surface area contributed by atoms with E-state index in [9.17, 15) is 4.39 Å². The monoisotopic (exact) mass is 197 g/mol. The van der Waals surface area contributed by atoms with Crippen LogP contribution in [-0.2, 0) is 5.54 Å². The van der Waals surface area contributed by atoms with Crippen LogP contribution in [0.4, 0.5) is 4.39 Å². The predicted molar refractivity (Wildman–Crippen MR) is 54.9 cm³/mol. The van der Waals surface area contributed by atoms with E-state index < -0.39 is 5.54 Å². The zero-order chi connectivity index (χ0) is 10.9. The number of ether oxygens (including phenoxy) is 1. The molecule has 0 radical (unpaired) electrons. The highest BCUT2D eigenvalue weighted by Gasteiger charge is 2.20. The molecule has 0 unspecified atom stereocenters. The van der Waals surface area contributed by atoms with Crippen LogP contribution in [-0.4, -0.2) is 7.11 Å². The molecule has 1 rings (SSSR count). The molecule has 0 heterocycles. The first kappa shape index (κ1) is 11.0.